The van der Waals surface area contributed by atoms with E-state index < -0.39 is 0 Å². The Balaban J connectivity index is 2.17. The third-order valence-corrected chi connectivity index (χ3v) is 3.16. The van der Waals surface area contributed by atoms with Crippen LogP contribution in [0.2, 0.25) is 0 Å². The van der Waals surface area contributed by atoms with Crippen molar-refractivity contribution < 1.29 is 0 Å². The Kier molecular flexibility index (Phi) is 1.26. The largest absolute Gasteiger partial charge is 0.246 e. The molecule has 13 heavy (non-hydrogen) atoms. The van der Waals surface area contributed by atoms with Crippen LogP contribution in [0, 0.1) is 4.91 Å². The third kappa shape index (κ3) is 0.742. The molecule has 0 saturated carbocycles. The summed E-state index contributed by atoms with van der Waals surface area (Å²) < 4.78 is 0. The number of hydrogen-bond acceptors (Lipinski definition) is 2. The fourth-order valence-electron chi connectivity index (χ4n) is 2.63. The van der Waals surface area contributed by atoms with Crippen LogP contribution >= 0.6 is 0 Å². The van der Waals surface area contributed by atoms with Gasteiger partial charge in [0.25, 0.3) is 0 Å². The minimum absolute atomic E-state index is 0.263. The first-order chi connectivity index (χ1) is 6.42. The molecule has 0 amide bonds. The standard InChI is InChI=1S/C10H10N2O/c13-11-12-9-5-6-10(12)8-4-2-1-3-7(8)9/h1-4,9-10H,5-6H2/t9-,10+. The number of benzene rings is 1. The van der Waals surface area contributed by atoms with E-state index in [-0.39, 0.29) is 12.1 Å². The average molecular weight is 174 g/mol. The zero-order valence-electron chi connectivity index (χ0n) is 7.18. The van der Waals surface area contributed by atoms with E-state index in [4.69, 9.17) is 0 Å². The third-order valence-electron chi connectivity index (χ3n) is 3.16. The van der Waals surface area contributed by atoms with Gasteiger partial charge in [-0.15, -0.1) is 4.91 Å². The summed E-state index contributed by atoms with van der Waals surface area (Å²) >= 11 is 0. The maximum Gasteiger partial charge on any atom is 0.0763 e. The summed E-state index contributed by atoms with van der Waals surface area (Å²) in [6.07, 6.45) is 2.15. The second-order valence-electron chi connectivity index (χ2n) is 3.70. The van der Waals surface area contributed by atoms with Crippen molar-refractivity contribution in [3.8, 4) is 0 Å². The lowest BCUT2D eigenvalue weighted by atomic mass is 9.92. The van der Waals surface area contributed by atoms with Gasteiger partial charge in [-0.3, -0.25) is 0 Å². The second kappa shape index (κ2) is 2.31. The van der Waals surface area contributed by atoms with Crippen LogP contribution < -0.4 is 0 Å². The highest BCUT2D eigenvalue weighted by Gasteiger charge is 2.44. The van der Waals surface area contributed by atoms with Gasteiger partial charge >= 0.3 is 0 Å². The van der Waals surface area contributed by atoms with Crippen molar-refractivity contribution in [1.29, 1.82) is 0 Å². The number of hydrogen-bond donors (Lipinski definition) is 0. The van der Waals surface area contributed by atoms with E-state index in [0.717, 1.165) is 12.8 Å². The van der Waals surface area contributed by atoms with Gasteiger partial charge in [0.1, 0.15) is 0 Å². The van der Waals surface area contributed by atoms with Crippen molar-refractivity contribution in [2.75, 3.05) is 0 Å². The lowest BCUT2D eigenvalue weighted by Gasteiger charge is -2.12. The van der Waals surface area contributed by atoms with Gasteiger partial charge in [-0.1, -0.05) is 24.3 Å². The van der Waals surface area contributed by atoms with E-state index >= 15 is 0 Å². The monoisotopic (exact) mass is 174 g/mol. The molecule has 1 saturated heterocycles. The topological polar surface area (TPSA) is 32.7 Å². The lowest BCUT2D eigenvalue weighted by molar-refractivity contribution is 0.231. The molecule has 0 spiro atoms. The molecule has 2 aliphatic heterocycles. The first-order valence-corrected chi connectivity index (χ1v) is 4.62. The Hall–Kier alpha value is -1.38. The van der Waals surface area contributed by atoms with Crippen LogP contribution in [0.5, 0.6) is 0 Å². The van der Waals surface area contributed by atoms with Crippen LogP contribution in [0.25, 0.3) is 0 Å². The van der Waals surface area contributed by atoms with Crippen molar-refractivity contribution >= 4 is 0 Å². The van der Waals surface area contributed by atoms with Crippen molar-refractivity contribution in [2.24, 2.45) is 5.29 Å². The summed E-state index contributed by atoms with van der Waals surface area (Å²) in [4.78, 5) is 10.6. The summed E-state index contributed by atoms with van der Waals surface area (Å²) in [7, 11) is 0. The first-order valence-electron chi connectivity index (χ1n) is 4.62. The highest BCUT2D eigenvalue weighted by molar-refractivity contribution is 5.39. The maximum absolute atomic E-state index is 10.6. The van der Waals surface area contributed by atoms with Crippen LogP contribution in [0.4, 0.5) is 0 Å². The quantitative estimate of drug-likeness (QED) is 0.613. The predicted molar refractivity (Wildman–Crippen MR) is 48.8 cm³/mol. The Morgan fingerprint density at radius 1 is 1.15 bits per heavy atom. The lowest BCUT2D eigenvalue weighted by Crippen LogP contribution is -2.10. The van der Waals surface area contributed by atoms with E-state index in [1.165, 1.54) is 11.1 Å². The maximum atomic E-state index is 10.6. The minimum atomic E-state index is 0.263. The van der Waals surface area contributed by atoms with Gasteiger partial charge in [0.05, 0.1) is 17.4 Å². The van der Waals surface area contributed by atoms with Gasteiger partial charge in [0.2, 0.25) is 0 Å². The molecule has 2 bridgehead atoms. The predicted octanol–water partition coefficient (Wildman–Crippen LogP) is 2.56. The summed E-state index contributed by atoms with van der Waals surface area (Å²) in [6, 6.07) is 8.80. The summed E-state index contributed by atoms with van der Waals surface area (Å²) in [6.45, 7) is 0. The number of fused-ring (bicyclic) bond motifs is 5. The fraction of sp³-hybridized carbons (Fsp3) is 0.400. The molecule has 1 aromatic rings. The van der Waals surface area contributed by atoms with Gasteiger partial charge in [-0.05, 0) is 24.0 Å². The molecule has 3 rings (SSSR count). The normalized spacial score (nSPS) is 29.1. The van der Waals surface area contributed by atoms with Crippen LogP contribution in [-0.4, -0.2) is 5.01 Å². The van der Waals surface area contributed by atoms with E-state index in [2.05, 4.69) is 17.4 Å². The van der Waals surface area contributed by atoms with Gasteiger partial charge in [0.15, 0.2) is 0 Å². The molecule has 2 heterocycles. The van der Waals surface area contributed by atoms with Crippen LogP contribution in [0.1, 0.15) is 36.1 Å². The fourth-order valence-corrected chi connectivity index (χ4v) is 2.63. The first kappa shape index (κ1) is 7.06. The molecular formula is C10H10N2O. The SMILES string of the molecule is O=NN1[C@@H]2CC[C@H]1c1ccccc12. The number of nitrogens with zero attached hydrogens (tertiary/aromatic N) is 2. The van der Waals surface area contributed by atoms with Crippen molar-refractivity contribution in [3.63, 3.8) is 0 Å². The van der Waals surface area contributed by atoms with Gasteiger partial charge in [0, 0.05) is 0 Å². The number of rotatable bonds is 1. The minimum Gasteiger partial charge on any atom is -0.246 e. The van der Waals surface area contributed by atoms with E-state index in [9.17, 15) is 4.91 Å². The summed E-state index contributed by atoms with van der Waals surface area (Å²) in [5.74, 6) is 0. The second-order valence-corrected chi connectivity index (χ2v) is 3.70. The van der Waals surface area contributed by atoms with Gasteiger partial charge in [-0.2, -0.15) is 0 Å². The zero-order chi connectivity index (χ0) is 8.84. The molecule has 0 N–H and O–H groups in total. The average Bonchev–Trinajstić information content (AvgIpc) is 2.73. The van der Waals surface area contributed by atoms with E-state index in [1.54, 1.807) is 5.01 Å². The van der Waals surface area contributed by atoms with Gasteiger partial charge in [-0.25, -0.2) is 5.01 Å². The smallest absolute Gasteiger partial charge is 0.0763 e. The molecule has 2 aliphatic rings. The Morgan fingerprint density at radius 3 is 2.15 bits per heavy atom. The molecular weight excluding hydrogens is 164 g/mol. The zero-order valence-corrected chi connectivity index (χ0v) is 7.18. The van der Waals surface area contributed by atoms with Crippen LogP contribution in [0.3, 0.4) is 0 Å². The van der Waals surface area contributed by atoms with Crippen LogP contribution in [-0.2, 0) is 0 Å². The Morgan fingerprint density at radius 2 is 1.69 bits per heavy atom. The van der Waals surface area contributed by atoms with E-state index in [0.29, 0.717) is 0 Å². The highest BCUT2D eigenvalue weighted by atomic mass is 16.3. The molecule has 66 valence electrons. The van der Waals surface area contributed by atoms with Crippen molar-refractivity contribution in [1.82, 2.24) is 5.01 Å². The molecule has 0 unspecified atom stereocenters. The summed E-state index contributed by atoms with van der Waals surface area (Å²) in [5.41, 5.74) is 2.61. The number of nitroso groups, excluding NO2 is 1. The van der Waals surface area contributed by atoms with Gasteiger partial charge < -0.3 is 0 Å². The van der Waals surface area contributed by atoms with Crippen molar-refractivity contribution in [2.45, 2.75) is 24.9 Å². The molecule has 1 fully saturated rings. The highest BCUT2D eigenvalue weighted by Crippen LogP contribution is 2.52. The van der Waals surface area contributed by atoms with E-state index in [1.807, 2.05) is 12.1 Å². The Bertz CT molecular complexity index is 333. The molecule has 1 aromatic carbocycles. The van der Waals surface area contributed by atoms with Crippen molar-refractivity contribution in [3.05, 3.63) is 40.3 Å². The molecule has 3 heteroatoms. The van der Waals surface area contributed by atoms with Crippen LogP contribution in [0.15, 0.2) is 29.6 Å². The summed E-state index contributed by atoms with van der Waals surface area (Å²) in [5, 5.41) is 4.82. The molecule has 0 aromatic heterocycles. The molecule has 0 aliphatic carbocycles. The molecule has 3 nitrogen and oxygen atoms in total. The Labute approximate surface area is 76.3 Å². The molecule has 0 radical (unpaired) electrons. The molecule has 2 atom stereocenters.